The van der Waals surface area contributed by atoms with Crippen LogP contribution in [0.4, 0.5) is 4.39 Å². The third-order valence-electron chi connectivity index (χ3n) is 6.95. The fraction of sp³-hybridized carbons (Fsp3) is 0.500. The fourth-order valence-electron chi connectivity index (χ4n) is 4.84. The van der Waals surface area contributed by atoms with Crippen LogP contribution in [0.15, 0.2) is 41.0 Å². The van der Waals surface area contributed by atoms with Crippen molar-refractivity contribution in [1.82, 2.24) is 9.47 Å². The molecule has 0 bridgehead atoms. The van der Waals surface area contributed by atoms with Crippen LogP contribution in [-0.2, 0) is 27.4 Å². The number of esters is 1. The van der Waals surface area contributed by atoms with Gasteiger partial charge in [-0.15, -0.1) is 0 Å². The Labute approximate surface area is 181 Å². The van der Waals surface area contributed by atoms with Crippen LogP contribution in [0.1, 0.15) is 62.5 Å². The summed E-state index contributed by atoms with van der Waals surface area (Å²) in [6, 6.07) is 1.84. The molecule has 6 nitrogen and oxygen atoms in total. The first-order valence-electron chi connectivity index (χ1n) is 10.8. The molecule has 0 N–H and O–H groups in total. The van der Waals surface area contributed by atoms with E-state index in [9.17, 15) is 14.0 Å². The topological polar surface area (TPSA) is 60.8 Å². The number of carbonyl (C=O) groups excluding carboxylic acids is 1. The number of fused-ring (bicyclic) bond motifs is 3. The minimum absolute atomic E-state index is 0.0721. The van der Waals surface area contributed by atoms with Gasteiger partial charge in [0.25, 0.3) is 5.56 Å². The monoisotopic (exact) mass is 428 g/mol. The summed E-state index contributed by atoms with van der Waals surface area (Å²) in [6.07, 6.45) is 2.19. The second-order valence-electron chi connectivity index (χ2n) is 8.67. The van der Waals surface area contributed by atoms with E-state index in [1.165, 1.54) is 0 Å². The number of rotatable bonds is 3. The van der Waals surface area contributed by atoms with Crippen molar-refractivity contribution in [1.29, 1.82) is 0 Å². The average molecular weight is 429 g/mol. The number of cyclic esters (lactones) is 1. The summed E-state index contributed by atoms with van der Waals surface area (Å²) in [5.74, 6) is -0.913. The van der Waals surface area contributed by atoms with Gasteiger partial charge in [0.1, 0.15) is 12.4 Å². The quantitative estimate of drug-likeness (QED) is 0.681. The molecule has 0 radical (unpaired) electrons. The van der Waals surface area contributed by atoms with Gasteiger partial charge in [-0.3, -0.25) is 4.79 Å². The lowest BCUT2D eigenvalue weighted by molar-refractivity contribution is -0.161. The highest BCUT2D eigenvalue weighted by Gasteiger charge is 2.41. The number of ether oxygens (including phenoxy) is 2. The molecule has 0 saturated carbocycles. The van der Waals surface area contributed by atoms with Crippen molar-refractivity contribution in [2.75, 3.05) is 13.7 Å². The highest BCUT2D eigenvalue weighted by atomic mass is 19.1. The highest BCUT2D eigenvalue weighted by Crippen LogP contribution is 2.44. The Hall–Kier alpha value is -2.67. The van der Waals surface area contributed by atoms with Crippen molar-refractivity contribution in [3.05, 3.63) is 63.4 Å². The van der Waals surface area contributed by atoms with E-state index < -0.39 is 23.4 Å². The molecule has 0 aliphatic carbocycles. The molecule has 2 atom stereocenters. The van der Waals surface area contributed by atoms with Crippen LogP contribution in [0.2, 0.25) is 0 Å². The molecule has 0 amide bonds. The van der Waals surface area contributed by atoms with Crippen molar-refractivity contribution < 1.29 is 18.7 Å². The van der Waals surface area contributed by atoms with E-state index in [1.54, 1.807) is 11.5 Å². The van der Waals surface area contributed by atoms with Crippen molar-refractivity contribution >= 4 is 11.7 Å². The summed E-state index contributed by atoms with van der Waals surface area (Å²) >= 11 is 0. The molecular formula is C24H29FN2O4. The van der Waals surface area contributed by atoms with E-state index in [-0.39, 0.29) is 12.2 Å². The summed E-state index contributed by atoms with van der Waals surface area (Å²) in [6.45, 7) is 12.1. The van der Waals surface area contributed by atoms with E-state index in [0.29, 0.717) is 36.4 Å². The second-order valence-corrected chi connectivity index (χ2v) is 8.67. The molecule has 4 heterocycles. The number of allylic oxidation sites excluding steroid dienone is 2. The number of carbonyl (C=O) groups is 1. The van der Waals surface area contributed by atoms with Crippen LogP contribution < -0.4 is 5.56 Å². The minimum Gasteiger partial charge on any atom is -0.458 e. The fourth-order valence-corrected chi connectivity index (χ4v) is 4.84. The first-order chi connectivity index (χ1) is 14.7. The molecule has 1 unspecified atom stereocenters. The SMILES string of the molecule is C=C1CCCCC(C)(C(=C)F)N(C)C2=C1Cn1c2cc2c(c1=O)COC(=O)[C@H]2OCC. The lowest BCUT2D eigenvalue weighted by Crippen LogP contribution is -2.43. The van der Waals surface area contributed by atoms with Gasteiger partial charge in [0, 0.05) is 24.8 Å². The molecule has 3 aliphatic rings. The molecule has 0 fully saturated rings. The molecule has 3 aliphatic heterocycles. The Morgan fingerprint density at radius 1 is 1.39 bits per heavy atom. The Balaban J connectivity index is 1.95. The van der Waals surface area contributed by atoms with E-state index >= 15 is 0 Å². The number of aromatic nitrogens is 1. The van der Waals surface area contributed by atoms with Crippen molar-refractivity contribution in [2.24, 2.45) is 0 Å². The number of hydrogen-bond donors (Lipinski definition) is 0. The standard InChI is InChI=1S/C24H29FN2O4/c1-6-30-21-16-11-19-20-17(12-27(19)22(28)18(16)13-31-23(21)29)14(2)9-7-8-10-24(4,15(3)25)26(20)5/h11,21H,2-3,6-10,12-13H2,1,4-5H3/t21-,24?/m0/s1. The maximum atomic E-state index is 14.7. The Kier molecular flexibility index (Phi) is 5.41. The predicted molar refractivity (Wildman–Crippen MR) is 116 cm³/mol. The van der Waals surface area contributed by atoms with E-state index in [0.717, 1.165) is 36.1 Å². The van der Waals surface area contributed by atoms with Crippen molar-refractivity contribution in [3.8, 4) is 0 Å². The molecular weight excluding hydrogens is 399 g/mol. The maximum Gasteiger partial charge on any atom is 0.340 e. The number of hydrogen-bond acceptors (Lipinski definition) is 5. The predicted octanol–water partition coefficient (Wildman–Crippen LogP) is 4.01. The molecule has 0 aromatic carbocycles. The van der Waals surface area contributed by atoms with Crippen LogP contribution in [0, 0.1) is 0 Å². The first-order valence-corrected chi connectivity index (χ1v) is 10.8. The molecule has 4 rings (SSSR count). The Morgan fingerprint density at radius 3 is 2.81 bits per heavy atom. The van der Waals surface area contributed by atoms with Crippen molar-refractivity contribution in [2.45, 2.75) is 64.3 Å². The van der Waals surface area contributed by atoms with Crippen LogP contribution in [0.5, 0.6) is 0 Å². The molecule has 31 heavy (non-hydrogen) atoms. The lowest BCUT2D eigenvalue weighted by Gasteiger charge is -2.40. The van der Waals surface area contributed by atoms with Gasteiger partial charge in [-0.05, 0) is 44.7 Å². The normalized spacial score (nSPS) is 25.8. The largest absolute Gasteiger partial charge is 0.458 e. The third-order valence-corrected chi connectivity index (χ3v) is 6.95. The van der Waals surface area contributed by atoms with Gasteiger partial charge < -0.3 is 18.9 Å². The van der Waals surface area contributed by atoms with Gasteiger partial charge >= 0.3 is 5.97 Å². The summed E-state index contributed by atoms with van der Waals surface area (Å²) in [5, 5.41) is 0. The van der Waals surface area contributed by atoms with Gasteiger partial charge in [0.15, 0.2) is 6.10 Å². The van der Waals surface area contributed by atoms with Gasteiger partial charge in [0.05, 0.1) is 29.0 Å². The Bertz CT molecular complexity index is 1070. The van der Waals surface area contributed by atoms with E-state index in [1.807, 2.05) is 24.9 Å². The van der Waals surface area contributed by atoms with Crippen LogP contribution in [-0.4, -0.2) is 34.6 Å². The molecule has 166 valence electrons. The minimum atomic E-state index is -0.940. The van der Waals surface area contributed by atoms with Crippen LogP contribution in [0.3, 0.4) is 0 Å². The van der Waals surface area contributed by atoms with Gasteiger partial charge in [-0.1, -0.05) is 19.6 Å². The molecule has 7 heteroatoms. The van der Waals surface area contributed by atoms with E-state index in [4.69, 9.17) is 9.47 Å². The van der Waals surface area contributed by atoms with E-state index in [2.05, 4.69) is 13.2 Å². The molecule has 1 aromatic rings. The number of nitrogens with zero attached hydrogens (tertiary/aromatic N) is 2. The average Bonchev–Trinajstić information content (AvgIpc) is 3.13. The second kappa shape index (κ2) is 7.79. The zero-order valence-electron chi connectivity index (χ0n) is 18.4. The summed E-state index contributed by atoms with van der Waals surface area (Å²) in [5.41, 5.74) is 3.13. The maximum absolute atomic E-state index is 14.7. The first kappa shape index (κ1) is 21.6. The number of likely N-dealkylation sites (N-methyl/N-ethyl adjacent to an activating group) is 1. The smallest absolute Gasteiger partial charge is 0.340 e. The van der Waals surface area contributed by atoms with Gasteiger partial charge in [-0.25, -0.2) is 9.18 Å². The molecule has 1 aromatic heterocycles. The highest BCUT2D eigenvalue weighted by molar-refractivity contribution is 5.80. The van der Waals surface area contributed by atoms with Crippen molar-refractivity contribution in [3.63, 3.8) is 0 Å². The summed E-state index contributed by atoms with van der Waals surface area (Å²) in [7, 11) is 1.84. The zero-order valence-corrected chi connectivity index (χ0v) is 18.4. The number of halogens is 1. The van der Waals surface area contributed by atoms with Gasteiger partial charge in [-0.2, -0.15) is 0 Å². The third kappa shape index (κ3) is 3.26. The van der Waals surface area contributed by atoms with Gasteiger partial charge in [0.2, 0.25) is 0 Å². The lowest BCUT2D eigenvalue weighted by atomic mass is 9.91. The van der Waals surface area contributed by atoms with Crippen LogP contribution in [0.25, 0.3) is 5.70 Å². The number of pyridine rings is 1. The van der Waals surface area contributed by atoms with Crippen LogP contribution >= 0.6 is 0 Å². The summed E-state index contributed by atoms with van der Waals surface area (Å²) in [4.78, 5) is 27.6. The summed E-state index contributed by atoms with van der Waals surface area (Å²) < 4.78 is 27.2. The molecule has 0 spiro atoms. The Morgan fingerprint density at radius 2 is 2.13 bits per heavy atom. The zero-order chi connectivity index (χ0) is 22.5. The molecule has 0 saturated heterocycles.